The van der Waals surface area contributed by atoms with Gasteiger partial charge in [-0.2, -0.15) is 0 Å². The van der Waals surface area contributed by atoms with E-state index in [0.717, 1.165) is 35.5 Å². The summed E-state index contributed by atoms with van der Waals surface area (Å²) < 4.78 is 12.4. The van der Waals surface area contributed by atoms with Crippen molar-refractivity contribution in [2.24, 2.45) is 10.8 Å². The molecule has 0 fully saturated rings. The summed E-state index contributed by atoms with van der Waals surface area (Å²) in [4.78, 5) is 0. The van der Waals surface area contributed by atoms with Crippen molar-refractivity contribution in [2.45, 2.75) is 60.8 Å². The third kappa shape index (κ3) is 7.42. The van der Waals surface area contributed by atoms with E-state index >= 15 is 0 Å². The van der Waals surface area contributed by atoms with Crippen molar-refractivity contribution < 1.29 is 9.47 Å². The van der Waals surface area contributed by atoms with Crippen LogP contribution in [0.1, 0.15) is 65.5 Å². The minimum atomic E-state index is 0.118. The monoisotopic (exact) mass is 436 g/mol. The van der Waals surface area contributed by atoms with E-state index in [9.17, 15) is 0 Å². The predicted molar refractivity (Wildman–Crippen MR) is 125 cm³/mol. The third-order valence-electron chi connectivity index (χ3n) is 5.58. The molecular formula is C25H34Cl2O2. The SMILES string of the molecule is CCC(C)(C)COc1ccc(Cl)cc1Cc1cc(Cl)ccc1OCC(C)(C)CC. The van der Waals surface area contributed by atoms with Crippen LogP contribution in [0.4, 0.5) is 0 Å². The van der Waals surface area contributed by atoms with Gasteiger partial charge >= 0.3 is 0 Å². The molecule has 0 N–H and O–H groups in total. The maximum Gasteiger partial charge on any atom is 0.122 e. The topological polar surface area (TPSA) is 18.5 Å². The Hall–Kier alpha value is -1.38. The molecule has 0 unspecified atom stereocenters. The molecule has 29 heavy (non-hydrogen) atoms. The van der Waals surface area contributed by atoms with Crippen LogP contribution < -0.4 is 9.47 Å². The summed E-state index contributed by atoms with van der Waals surface area (Å²) in [5, 5.41) is 1.39. The highest BCUT2D eigenvalue weighted by molar-refractivity contribution is 6.31. The molecule has 0 spiro atoms. The smallest absolute Gasteiger partial charge is 0.122 e. The van der Waals surface area contributed by atoms with Gasteiger partial charge in [-0.25, -0.2) is 0 Å². The van der Waals surface area contributed by atoms with Crippen LogP contribution in [0.25, 0.3) is 0 Å². The van der Waals surface area contributed by atoms with Crippen LogP contribution in [-0.4, -0.2) is 13.2 Å². The highest BCUT2D eigenvalue weighted by Crippen LogP contribution is 2.33. The number of hydrogen-bond donors (Lipinski definition) is 0. The van der Waals surface area contributed by atoms with Crippen molar-refractivity contribution in [3.63, 3.8) is 0 Å². The van der Waals surface area contributed by atoms with Gasteiger partial charge in [-0.1, -0.05) is 64.7 Å². The largest absolute Gasteiger partial charge is 0.493 e. The Morgan fingerprint density at radius 3 is 1.41 bits per heavy atom. The van der Waals surface area contributed by atoms with Gasteiger partial charge in [0, 0.05) is 27.6 Å². The van der Waals surface area contributed by atoms with Gasteiger partial charge in [0.1, 0.15) is 11.5 Å². The molecule has 0 saturated heterocycles. The lowest BCUT2D eigenvalue weighted by molar-refractivity contribution is 0.173. The van der Waals surface area contributed by atoms with Crippen molar-refractivity contribution in [1.29, 1.82) is 0 Å². The van der Waals surface area contributed by atoms with Gasteiger partial charge in [-0.15, -0.1) is 0 Å². The van der Waals surface area contributed by atoms with E-state index in [1.807, 2.05) is 36.4 Å². The van der Waals surface area contributed by atoms with Crippen LogP contribution in [0.3, 0.4) is 0 Å². The molecule has 0 atom stereocenters. The van der Waals surface area contributed by atoms with E-state index in [1.54, 1.807) is 0 Å². The molecule has 160 valence electrons. The van der Waals surface area contributed by atoms with Crippen molar-refractivity contribution in [1.82, 2.24) is 0 Å². The van der Waals surface area contributed by atoms with Crippen LogP contribution in [0.5, 0.6) is 11.5 Å². The zero-order valence-corrected chi connectivity index (χ0v) is 20.1. The van der Waals surface area contributed by atoms with Gasteiger partial charge in [-0.05, 0) is 60.1 Å². The third-order valence-corrected chi connectivity index (χ3v) is 6.05. The maximum atomic E-state index is 6.30. The summed E-state index contributed by atoms with van der Waals surface area (Å²) in [5.74, 6) is 1.71. The summed E-state index contributed by atoms with van der Waals surface area (Å²) in [6.07, 6.45) is 2.75. The molecule has 0 bridgehead atoms. The zero-order valence-electron chi connectivity index (χ0n) is 18.6. The molecule has 4 heteroatoms. The molecule has 0 heterocycles. The number of benzene rings is 2. The molecule has 0 amide bonds. The maximum absolute atomic E-state index is 6.30. The minimum absolute atomic E-state index is 0.118. The molecule has 0 radical (unpaired) electrons. The molecule has 0 aliphatic rings. The second-order valence-electron chi connectivity index (χ2n) is 9.29. The first-order chi connectivity index (χ1) is 13.5. The van der Waals surface area contributed by atoms with E-state index in [0.29, 0.717) is 29.7 Å². The Balaban J connectivity index is 2.28. The van der Waals surface area contributed by atoms with Crippen molar-refractivity contribution in [3.05, 3.63) is 57.6 Å². The Morgan fingerprint density at radius 1 is 0.690 bits per heavy atom. The van der Waals surface area contributed by atoms with Crippen molar-refractivity contribution >= 4 is 23.2 Å². The first-order valence-electron chi connectivity index (χ1n) is 10.4. The first-order valence-corrected chi connectivity index (χ1v) is 11.1. The van der Waals surface area contributed by atoms with Gasteiger partial charge in [0.25, 0.3) is 0 Å². The molecule has 2 rings (SSSR count). The fourth-order valence-electron chi connectivity index (χ4n) is 2.61. The lowest BCUT2D eigenvalue weighted by Crippen LogP contribution is -2.21. The number of rotatable bonds is 10. The van der Waals surface area contributed by atoms with E-state index < -0.39 is 0 Å². The van der Waals surface area contributed by atoms with Gasteiger partial charge < -0.3 is 9.47 Å². The van der Waals surface area contributed by atoms with Crippen molar-refractivity contribution in [3.8, 4) is 11.5 Å². The quantitative estimate of drug-likeness (QED) is 0.373. The fraction of sp³-hybridized carbons (Fsp3) is 0.520. The number of ether oxygens (including phenoxy) is 2. The molecule has 0 aliphatic heterocycles. The van der Waals surface area contributed by atoms with Crippen LogP contribution in [-0.2, 0) is 6.42 Å². The molecule has 2 aromatic carbocycles. The highest BCUT2D eigenvalue weighted by atomic mass is 35.5. The second kappa shape index (κ2) is 10.1. The van der Waals surface area contributed by atoms with Gasteiger partial charge in [-0.3, -0.25) is 0 Å². The van der Waals surface area contributed by atoms with Crippen molar-refractivity contribution in [2.75, 3.05) is 13.2 Å². The summed E-state index contributed by atoms with van der Waals surface area (Å²) in [7, 11) is 0. The summed E-state index contributed by atoms with van der Waals surface area (Å²) >= 11 is 12.6. The standard InChI is InChI=1S/C25H34Cl2O2/c1-7-24(3,4)16-28-22-11-9-20(26)14-18(22)13-19-15-21(27)10-12-23(19)29-17-25(5,6)8-2/h9-12,14-15H,7-8,13,16-17H2,1-6H3. The summed E-state index contributed by atoms with van der Waals surface area (Å²) in [6, 6.07) is 11.6. The van der Waals surface area contributed by atoms with E-state index in [1.165, 1.54) is 0 Å². The Bertz CT molecular complexity index is 745. The lowest BCUT2D eigenvalue weighted by atomic mass is 9.91. The molecule has 2 nitrogen and oxygen atoms in total. The van der Waals surface area contributed by atoms with Gasteiger partial charge in [0.15, 0.2) is 0 Å². The lowest BCUT2D eigenvalue weighted by Gasteiger charge is -2.25. The van der Waals surface area contributed by atoms with Crippen LogP contribution in [0.2, 0.25) is 10.0 Å². The minimum Gasteiger partial charge on any atom is -0.493 e. The number of halogens is 2. The average molecular weight is 437 g/mol. The summed E-state index contributed by atoms with van der Waals surface area (Å²) in [5.41, 5.74) is 2.30. The van der Waals surface area contributed by atoms with Crippen LogP contribution >= 0.6 is 23.2 Å². The first kappa shape index (κ1) is 23.9. The second-order valence-corrected chi connectivity index (χ2v) is 10.2. The molecule has 0 aromatic heterocycles. The predicted octanol–water partition coefficient (Wildman–Crippen LogP) is 8.21. The molecule has 0 aliphatic carbocycles. The normalized spacial score (nSPS) is 12.1. The zero-order chi connectivity index (χ0) is 21.7. The Morgan fingerprint density at radius 2 is 1.07 bits per heavy atom. The van der Waals surface area contributed by atoms with E-state index in [4.69, 9.17) is 32.7 Å². The fourth-order valence-corrected chi connectivity index (χ4v) is 3.00. The highest BCUT2D eigenvalue weighted by Gasteiger charge is 2.19. The average Bonchev–Trinajstić information content (AvgIpc) is 2.67. The Labute approximate surface area is 186 Å². The van der Waals surface area contributed by atoms with Crippen LogP contribution in [0.15, 0.2) is 36.4 Å². The van der Waals surface area contributed by atoms with Gasteiger partial charge in [0.2, 0.25) is 0 Å². The molecule has 2 aromatic rings. The Kier molecular flexibility index (Phi) is 8.31. The molecule has 0 saturated carbocycles. The molecular weight excluding hydrogens is 403 g/mol. The van der Waals surface area contributed by atoms with E-state index in [-0.39, 0.29) is 10.8 Å². The summed E-state index contributed by atoms with van der Waals surface area (Å²) in [6.45, 7) is 14.5. The van der Waals surface area contributed by atoms with Crippen LogP contribution in [0, 0.1) is 10.8 Å². The number of hydrogen-bond acceptors (Lipinski definition) is 2. The van der Waals surface area contributed by atoms with Gasteiger partial charge in [0.05, 0.1) is 13.2 Å². The van der Waals surface area contributed by atoms with E-state index in [2.05, 4.69) is 41.5 Å².